The van der Waals surface area contributed by atoms with Crippen LogP contribution < -0.4 is 5.32 Å². The van der Waals surface area contributed by atoms with E-state index in [0.717, 1.165) is 0 Å². The largest absolute Gasteiger partial charge is 0.480 e. The predicted octanol–water partition coefficient (Wildman–Crippen LogP) is 1.18. The second-order valence-electron chi connectivity index (χ2n) is 3.87. The van der Waals surface area contributed by atoms with Gasteiger partial charge in [0.25, 0.3) is 0 Å². The van der Waals surface area contributed by atoms with Gasteiger partial charge in [0.1, 0.15) is 5.54 Å². The van der Waals surface area contributed by atoms with Crippen molar-refractivity contribution >= 4 is 18.4 Å². The highest BCUT2D eigenvalue weighted by molar-refractivity contribution is 5.85. The number of hydrogen-bond donors (Lipinski definition) is 2. The fraction of sp³-hybridized carbons (Fsp3) is 0.857. The molecule has 0 radical (unpaired) electrons. The summed E-state index contributed by atoms with van der Waals surface area (Å²) in [7, 11) is 0. The average Bonchev–Trinajstić information content (AvgIpc) is 2.34. The van der Waals surface area contributed by atoms with E-state index in [4.69, 9.17) is 5.11 Å². The minimum atomic E-state index is -4.28. The first-order chi connectivity index (χ1) is 5.81. The van der Waals surface area contributed by atoms with Gasteiger partial charge in [0, 0.05) is 6.54 Å². The number of fused-ring (bicyclic) bond motifs is 1. The predicted molar refractivity (Wildman–Crippen MR) is 43.3 cm³/mol. The van der Waals surface area contributed by atoms with E-state index in [1.54, 1.807) is 0 Å². The second-order valence-corrected chi connectivity index (χ2v) is 3.87. The normalized spacial score (nSPS) is 39.9. The van der Waals surface area contributed by atoms with Gasteiger partial charge >= 0.3 is 12.1 Å². The van der Waals surface area contributed by atoms with Crippen LogP contribution in [0.15, 0.2) is 0 Å². The molecule has 0 aromatic carbocycles. The summed E-state index contributed by atoms with van der Waals surface area (Å²) in [5, 5.41) is 11.1. The maximum Gasteiger partial charge on any atom is 0.395 e. The number of rotatable bonds is 1. The standard InChI is InChI=1S/C7H8F3NO2.ClH/c8-7(9,10)5-1-6(2-5,4(12)13)11-3-5;/h11H,1-3H2,(H,12,13);1H. The van der Waals surface area contributed by atoms with Crippen LogP contribution in [-0.4, -0.2) is 29.3 Å². The molecule has 82 valence electrons. The van der Waals surface area contributed by atoms with Crippen LogP contribution in [0, 0.1) is 5.41 Å². The molecule has 0 aromatic heterocycles. The Morgan fingerprint density at radius 1 is 1.36 bits per heavy atom. The zero-order valence-corrected chi connectivity index (χ0v) is 7.84. The lowest BCUT2D eigenvalue weighted by atomic mass is 9.61. The topological polar surface area (TPSA) is 49.3 Å². The monoisotopic (exact) mass is 231 g/mol. The van der Waals surface area contributed by atoms with Crippen LogP contribution in [0.25, 0.3) is 0 Å². The molecular formula is C7H9ClF3NO2. The van der Waals surface area contributed by atoms with Crippen LogP contribution in [0.5, 0.6) is 0 Å². The zero-order valence-electron chi connectivity index (χ0n) is 7.02. The lowest BCUT2D eigenvalue weighted by molar-refractivity contribution is -0.243. The van der Waals surface area contributed by atoms with Gasteiger partial charge in [-0.1, -0.05) is 0 Å². The maximum absolute atomic E-state index is 12.4. The van der Waals surface area contributed by atoms with Gasteiger partial charge in [0.15, 0.2) is 0 Å². The van der Waals surface area contributed by atoms with Crippen molar-refractivity contribution in [1.29, 1.82) is 0 Å². The number of nitrogens with one attached hydrogen (secondary N) is 1. The first kappa shape index (κ1) is 11.6. The van der Waals surface area contributed by atoms with Gasteiger partial charge in [-0.3, -0.25) is 4.79 Å². The Morgan fingerprint density at radius 3 is 2.07 bits per heavy atom. The van der Waals surface area contributed by atoms with E-state index in [2.05, 4.69) is 5.32 Å². The highest BCUT2D eigenvalue weighted by atomic mass is 35.5. The molecule has 1 aliphatic carbocycles. The highest BCUT2D eigenvalue weighted by Gasteiger charge is 2.74. The van der Waals surface area contributed by atoms with E-state index in [0.29, 0.717) is 0 Å². The molecular weight excluding hydrogens is 223 g/mol. The SMILES string of the molecule is Cl.O=C(O)C12CC(C(F)(F)F)(CN1)C2. The minimum Gasteiger partial charge on any atom is -0.480 e. The van der Waals surface area contributed by atoms with Gasteiger partial charge in [-0.15, -0.1) is 12.4 Å². The van der Waals surface area contributed by atoms with Crippen molar-refractivity contribution in [3.63, 3.8) is 0 Å². The van der Waals surface area contributed by atoms with Crippen LogP contribution in [-0.2, 0) is 4.79 Å². The summed E-state index contributed by atoms with van der Waals surface area (Å²) >= 11 is 0. The Bertz CT molecular complexity index is 273. The molecule has 2 N–H and O–H groups in total. The van der Waals surface area contributed by atoms with Gasteiger partial charge in [-0.25, -0.2) is 0 Å². The Morgan fingerprint density at radius 2 is 1.86 bits per heavy atom. The summed E-state index contributed by atoms with van der Waals surface area (Å²) < 4.78 is 37.2. The number of carboxylic acids is 1. The lowest BCUT2D eigenvalue weighted by Gasteiger charge is -2.43. The number of aliphatic carboxylic acids is 1. The number of carboxylic acid groups (broad SMARTS) is 1. The van der Waals surface area contributed by atoms with Crippen molar-refractivity contribution in [3.05, 3.63) is 0 Å². The van der Waals surface area contributed by atoms with Gasteiger partial charge in [-0.2, -0.15) is 13.2 Å². The van der Waals surface area contributed by atoms with E-state index in [-0.39, 0.29) is 31.8 Å². The molecule has 2 aliphatic heterocycles. The third-order valence-corrected chi connectivity index (χ3v) is 3.06. The number of carbonyl (C=O) groups is 1. The molecule has 3 fully saturated rings. The molecule has 0 atom stereocenters. The molecule has 0 aromatic rings. The molecule has 3 aliphatic rings. The van der Waals surface area contributed by atoms with Gasteiger partial charge in [0.05, 0.1) is 5.41 Å². The lowest BCUT2D eigenvalue weighted by Crippen LogP contribution is -2.58. The highest BCUT2D eigenvalue weighted by Crippen LogP contribution is 2.61. The summed E-state index contributed by atoms with van der Waals surface area (Å²) in [6.07, 6.45) is -4.92. The zero-order chi connectivity index (χ0) is 9.91. The molecule has 0 spiro atoms. The molecule has 7 heteroatoms. The first-order valence-electron chi connectivity index (χ1n) is 3.87. The Kier molecular flexibility index (Phi) is 2.28. The Balaban J connectivity index is 0.000000980. The third-order valence-electron chi connectivity index (χ3n) is 3.06. The van der Waals surface area contributed by atoms with Crippen LogP contribution in [0.3, 0.4) is 0 Å². The number of halogens is 4. The van der Waals surface area contributed by atoms with Crippen molar-refractivity contribution in [3.8, 4) is 0 Å². The van der Waals surface area contributed by atoms with Gasteiger partial charge < -0.3 is 10.4 Å². The molecule has 0 unspecified atom stereocenters. The maximum atomic E-state index is 12.4. The fourth-order valence-corrected chi connectivity index (χ4v) is 2.22. The van der Waals surface area contributed by atoms with E-state index in [9.17, 15) is 18.0 Å². The quantitative estimate of drug-likeness (QED) is 0.713. The Hall–Kier alpha value is -0.490. The fourth-order valence-electron chi connectivity index (χ4n) is 2.22. The second kappa shape index (κ2) is 2.76. The molecule has 1 saturated carbocycles. The molecule has 14 heavy (non-hydrogen) atoms. The molecule has 2 saturated heterocycles. The summed E-state index contributed by atoms with van der Waals surface area (Å²) in [6.45, 7) is -0.261. The molecule has 2 bridgehead atoms. The van der Waals surface area contributed by atoms with E-state index in [1.165, 1.54) is 0 Å². The smallest absolute Gasteiger partial charge is 0.395 e. The first-order valence-corrected chi connectivity index (χ1v) is 3.87. The van der Waals surface area contributed by atoms with Crippen LogP contribution in [0.4, 0.5) is 13.2 Å². The van der Waals surface area contributed by atoms with E-state index >= 15 is 0 Å². The van der Waals surface area contributed by atoms with Crippen molar-refractivity contribution in [2.24, 2.45) is 5.41 Å². The molecule has 2 heterocycles. The van der Waals surface area contributed by atoms with Gasteiger partial charge in [0.2, 0.25) is 0 Å². The van der Waals surface area contributed by atoms with Crippen molar-refractivity contribution in [1.82, 2.24) is 5.32 Å². The van der Waals surface area contributed by atoms with E-state index in [1.807, 2.05) is 0 Å². The summed E-state index contributed by atoms with van der Waals surface area (Å²) in [5.41, 5.74) is -3.07. The minimum absolute atomic E-state index is 0. The molecule has 0 amide bonds. The number of alkyl halides is 3. The van der Waals surface area contributed by atoms with Crippen LogP contribution in [0.1, 0.15) is 12.8 Å². The summed E-state index contributed by atoms with van der Waals surface area (Å²) in [6, 6.07) is 0. The van der Waals surface area contributed by atoms with E-state index < -0.39 is 23.1 Å². The van der Waals surface area contributed by atoms with Crippen molar-refractivity contribution < 1.29 is 23.1 Å². The third kappa shape index (κ3) is 1.13. The Labute approximate surface area is 84.1 Å². The van der Waals surface area contributed by atoms with Crippen molar-refractivity contribution in [2.75, 3.05) is 6.54 Å². The molecule has 3 rings (SSSR count). The van der Waals surface area contributed by atoms with Gasteiger partial charge in [-0.05, 0) is 12.8 Å². The van der Waals surface area contributed by atoms with Crippen LogP contribution >= 0.6 is 12.4 Å². The molecule has 3 nitrogen and oxygen atoms in total. The van der Waals surface area contributed by atoms with Crippen molar-refractivity contribution in [2.45, 2.75) is 24.6 Å². The van der Waals surface area contributed by atoms with Crippen LogP contribution in [0.2, 0.25) is 0 Å². The summed E-state index contributed by atoms with van der Waals surface area (Å²) in [5.74, 6) is -1.18. The summed E-state index contributed by atoms with van der Waals surface area (Å²) in [4.78, 5) is 10.6. The number of hydrogen-bond acceptors (Lipinski definition) is 2. The average molecular weight is 232 g/mol.